The van der Waals surface area contributed by atoms with E-state index in [9.17, 15) is 36.2 Å². The molecule has 0 bridgehead atoms. The second kappa shape index (κ2) is 24.0. The first-order chi connectivity index (χ1) is 35.9. The van der Waals surface area contributed by atoms with Crippen molar-refractivity contribution in [2.45, 2.75) is 37.5 Å². The lowest BCUT2D eigenvalue weighted by molar-refractivity contribution is 0.280. The molecule has 0 spiro atoms. The number of rotatable bonds is 25. The van der Waals surface area contributed by atoms with Crippen LogP contribution in [0.25, 0.3) is 20.4 Å². The van der Waals surface area contributed by atoms with Crippen molar-refractivity contribution < 1.29 is 55.1 Å². The van der Waals surface area contributed by atoms with Gasteiger partial charge >= 0.3 is 0 Å². The number of hydrogen-bond acceptors (Lipinski definition) is 26. The Bertz CT molecular complexity index is 3260. The zero-order chi connectivity index (χ0) is 54.2. The van der Waals surface area contributed by atoms with E-state index in [-0.39, 0.29) is 97.7 Å². The van der Waals surface area contributed by atoms with E-state index in [1.54, 1.807) is 29.2 Å². The third kappa shape index (κ3) is 12.3. The lowest BCUT2D eigenvalue weighted by Gasteiger charge is -2.25. The molecule has 0 fully saturated rings. The molecule has 6 N–H and O–H groups in total. The van der Waals surface area contributed by atoms with Crippen molar-refractivity contribution in [2.75, 3.05) is 106 Å². The highest BCUT2D eigenvalue weighted by molar-refractivity contribution is 7.86. The van der Waals surface area contributed by atoms with Crippen molar-refractivity contribution in [3.63, 3.8) is 0 Å². The number of aliphatic hydroxyl groups is 2. The Morgan fingerprint density at radius 2 is 0.920 bits per heavy atom. The van der Waals surface area contributed by atoms with Gasteiger partial charge in [0.25, 0.3) is 20.2 Å². The van der Waals surface area contributed by atoms with Gasteiger partial charge in [0, 0.05) is 51.4 Å². The molecule has 0 radical (unpaired) electrons. The third-order valence-corrected chi connectivity index (χ3v) is 15.4. The van der Waals surface area contributed by atoms with Gasteiger partial charge in [-0.3, -0.25) is 9.11 Å². The van der Waals surface area contributed by atoms with Crippen LogP contribution in [0.5, 0.6) is 23.0 Å². The summed E-state index contributed by atoms with van der Waals surface area (Å²) in [5.74, 6) is 0.673. The standard InChI is InChI=1S/C45H54N14O12S4/c1-9-57(10-2)31-21-27(29(23-35(31)70-7)53-55-44-48-25-13-15-33(68-5)39(37(25)72-44)74(62,63)64)46-41-50-42(52-43(51-41)59(17-19-60)18-20-61)47-28-22-32(58(11-3)12-4)36(71-8)24-30(28)54-56-45-49-26-14-16-34(69-6)40(38(26)73-45)75(65,66)67/h13-16,21-24,60-61H,9-12,17-20H2,1-8H3,(H,62,63,64)(H,65,66,67)(H2,46,47,50,51,52). The molecule has 0 aliphatic carbocycles. The molecule has 0 saturated heterocycles. The Morgan fingerprint density at radius 3 is 1.25 bits per heavy atom. The number of benzene rings is 4. The van der Waals surface area contributed by atoms with Crippen molar-refractivity contribution in [3.8, 4) is 23.0 Å². The summed E-state index contributed by atoms with van der Waals surface area (Å²) in [4.78, 5) is 27.8. The van der Waals surface area contributed by atoms with Gasteiger partial charge in [-0.15, -0.1) is 20.5 Å². The van der Waals surface area contributed by atoms with E-state index >= 15 is 0 Å². The maximum Gasteiger partial charge on any atom is 0.299 e. The number of hydrogen-bond donors (Lipinski definition) is 6. The minimum atomic E-state index is -4.74. The number of nitrogens with zero attached hydrogens (tertiary/aromatic N) is 12. The van der Waals surface area contributed by atoms with E-state index in [1.807, 2.05) is 37.5 Å². The Morgan fingerprint density at radius 1 is 0.533 bits per heavy atom. The lowest BCUT2D eigenvalue weighted by atomic mass is 10.2. The first-order valence-corrected chi connectivity index (χ1v) is 27.4. The van der Waals surface area contributed by atoms with E-state index in [2.05, 4.69) is 41.1 Å². The highest BCUT2D eigenvalue weighted by Gasteiger charge is 2.26. The molecule has 0 aliphatic rings. The fourth-order valence-electron chi connectivity index (χ4n) is 7.81. The van der Waals surface area contributed by atoms with Crippen molar-refractivity contribution in [3.05, 3.63) is 48.5 Å². The van der Waals surface area contributed by atoms with Crippen LogP contribution in [-0.4, -0.2) is 142 Å². The van der Waals surface area contributed by atoms with Gasteiger partial charge in [0.05, 0.1) is 84.8 Å². The maximum absolute atomic E-state index is 12.5. The van der Waals surface area contributed by atoms with Crippen LogP contribution in [0.4, 0.5) is 62.2 Å². The number of ether oxygens (including phenoxy) is 4. The largest absolute Gasteiger partial charge is 0.495 e. The minimum Gasteiger partial charge on any atom is -0.495 e. The number of methoxy groups -OCH3 is 4. The Balaban J connectivity index is 1.38. The molecule has 0 saturated carbocycles. The molecule has 26 nitrogen and oxygen atoms in total. The van der Waals surface area contributed by atoms with Crippen molar-refractivity contribution in [1.82, 2.24) is 24.9 Å². The summed E-state index contributed by atoms with van der Waals surface area (Å²) in [5.41, 5.74) is 2.82. The minimum absolute atomic E-state index is 0.0202. The number of thiazole rings is 2. The van der Waals surface area contributed by atoms with Gasteiger partial charge in [-0.25, -0.2) is 9.97 Å². The van der Waals surface area contributed by atoms with Crippen LogP contribution in [0.2, 0.25) is 0 Å². The molecule has 400 valence electrons. The highest BCUT2D eigenvalue weighted by atomic mass is 32.2. The molecule has 0 aliphatic heterocycles. The molecular formula is C45H54N14O12S4. The summed E-state index contributed by atoms with van der Waals surface area (Å²) in [5, 5.41) is 44.7. The van der Waals surface area contributed by atoms with Gasteiger partial charge in [-0.05, 0) is 64.1 Å². The summed E-state index contributed by atoms with van der Waals surface area (Å²) in [7, 11) is -3.90. The maximum atomic E-state index is 12.5. The Labute approximate surface area is 439 Å². The van der Waals surface area contributed by atoms with Crippen LogP contribution in [-0.2, 0) is 20.2 Å². The van der Waals surface area contributed by atoms with Crippen LogP contribution in [0, 0.1) is 0 Å². The summed E-state index contributed by atoms with van der Waals surface area (Å²) in [6.07, 6.45) is 0. The van der Waals surface area contributed by atoms with Crippen molar-refractivity contribution >= 4 is 126 Å². The van der Waals surface area contributed by atoms with E-state index in [4.69, 9.17) is 33.9 Å². The van der Waals surface area contributed by atoms with Crippen LogP contribution in [0.3, 0.4) is 0 Å². The van der Waals surface area contributed by atoms with Crippen LogP contribution < -0.4 is 44.3 Å². The predicted molar refractivity (Wildman–Crippen MR) is 286 cm³/mol. The normalized spacial score (nSPS) is 12.0. The zero-order valence-corrected chi connectivity index (χ0v) is 45.1. The molecule has 0 amide bonds. The molecule has 3 heterocycles. The molecule has 75 heavy (non-hydrogen) atoms. The summed E-state index contributed by atoms with van der Waals surface area (Å²) >= 11 is 1.73. The Kier molecular flexibility index (Phi) is 17.8. The average Bonchev–Trinajstić information content (AvgIpc) is 4.01. The summed E-state index contributed by atoms with van der Waals surface area (Å²) in [6.45, 7) is 9.69. The Hall–Kier alpha value is -7.19. The monoisotopic (exact) mass is 1110 g/mol. The molecule has 4 aromatic carbocycles. The van der Waals surface area contributed by atoms with E-state index < -0.39 is 30.0 Å². The fraction of sp³-hybridized carbons (Fsp3) is 0.356. The molecule has 0 atom stereocenters. The predicted octanol–water partition coefficient (Wildman–Crippen LogP) is 8.42. The number of aliphatic hydroxyl groups excluding tert-OH is 2. The zero-order valence-electron chi connectivity index (χ0n) is 41.8. The van der Waals surface area contributed by atoms with Gasteiger partial charge in [-0.1, -0.05) is 22.7 Å². The van der Waals surface area contributed by atoms with E-state index in [1.165, 1.54) is 52.7 Å². The van der Waals surface area contributed by atoms with Crippen molar-refractivity contribution in [2.24, 2.45) is 20.5 Å². The SMILES string of the molecule is CCN(CC)c1cc(Nc2nc(Nc3cc(N(CC)CC)c(OC)cc3N=Nc3nc4ccc(OC)c(S(=O)(=O)O)c4s3)nc(N(CCO)CCO)n2)c(N=Nc2nc3ccc(OC)c(S(=O)(=O)O)c3s2)cc1OC. The van der Waals surface area contributed by atoms with Gasteiger partial charge < -0.3 is 54.5 Å². The average molecular weight is 1110 g/mol. The summed E-state index contributed by atoms with van der Waals surface area (Å²) < 4.78 is 92.4. The molecule has 30 heteroatoms. The van der Waals surface area contributed by atoms with E-state index in [0.717, 1.165) is 22.7 Å². The van der Waals surface area contributed by atoms with Crippen LogP contribution >= 0.6 is 22.7 Å². The van der Waals surface area contributed by atoms with Gasteiger partial charge in [0.1, 0.15) is 34.4 Å². The second-order valence-corrected chi connectivity index (χ2v) is 20.3. The first-order valence-electron chi connectivity index (χ1n) is 22.9. The quantitative estimate of drug-likeness (QED) is 0.0231. The topological polar surface area (TPSA) is 334 Å². The second-order valence-electron chi connectivity index (χ2n) is 15.6. The third-order valence-electron chi connectivity index (χ3n) is 11.3. The number of nitrogens with one attached hydrogen (secondary N) is 2. The van der Waals surface area contributed by atoms with Crippen LogP contribution in [0.15, 0.2) is 78.8 Å². The molecule has 7 rings (SSSR count). The number of anilines is 7. The van der Waals surface area contributed by atoms with Crippen molar-refractivity contribution in [1.29, 1.82) is 0 Å². The molecule has 0 unspecified atom stereocenters. The van der Waals surface area contributed by atoms with Gasteiger partial charge in [0.2, 0.25) is 28.1 Å². The van der Waals surface area contributed by atoms with Gasteiger partial charge in [0.15, 0.2) is 9.79 Å². The number of fused-ring (bicyclic) bond motifs is 2. The smallest absolute Gasteiger partial charge is 0.299 e. The molecule has 3 aromatic heterocycles. The molecule has 7 aromatic rings. The van der Waals surface area contributed by atoms with Crippen LogP contribution in [0.1, 0.15) is 27.7 Å². The highest BCUT2D eigenvalue weighted by Crippen LogP contribution is 2.45. The summed E-state index contributed by atoms with van der Waals surface area (Å²) in [6, 6.07) is 12.6. The number of aromatic nitrogens is 5. The number of azo groups is 2. The fourth-order valence-corrected chi connectivity index (χ4v) is 11.8. The van der Waals surface area contributed by atoms with Gasteiger partial charge in [-0.2, -0.15) is 31.8 Å². The van der Waals surface area contributed by atoms with E-state index in [0.29, 0.717) is 60.4 Å². The lowest BCUT2D eigenvalue weighted by Crippen LogP contribution is -2.31. The molecular weight excluding hydrogens is 1060 g/mol. The first kappa shape index (κ1) is 55.6.